The second-order valence-corrected chi connectivity index (χ2v) is 10.3. The van der Waals surface area contributed by atoms with Gasteiger partial charge in [-0.25, -0.2) is 12.8 Å². The number of methoxy groups -OCH3 is 1. The minimum Gasteiger partial charge on any atom is -0.495 e. The number of ether oxygens (including phenoxy) is 1. The van der Waals surface area contributed by atoms with Crippen LogP contribution in [0.1, 0.15) is 31.9 Å². The fourth-order valence-electron chi connectivity index (χ4n) is 3.36. The van der Waals surface area contributed by atoms with Crippen LogP contribution in [0.5, 0.6) is 5.75 Å². The summed E-state index contributed by atoms with van der Waals surface area (Å²) in [7, 11) is -2.47. The number of anilines is 1. The SMILES string of the molecule is COc1ccc(C)cc1N(CC(=O)N(Cc1ccc(F)cc1)[C@H](C)C(=O)NC(C)C)S(C)(=O)=O. The van der Waals surface area contributed by atoms with Crippen molar-refractivity contribution in [2.45, 2.75) is 46.3 Å². The summed E-state index contributed by atoms with van der Waals surface area (Å²) in [5.41, 5.74) is 1.60. The van der Waals surface area contributed by atoms with Crippen molar-refractivity contribution < 1.29 is 27.1 Å². The highest BCUT2D eigenvalue weighted by atomic mass is 32.2. The number of aryl methyl sites for hydroxylation is 1. The minimum absolute atomic E-state index is 0.00561. The fraction of sp³-hybridized carbons (Fsp3) is 0.417. The summed E-state index contributed by atoms with van der Waals surface area (Å²) in [6.07, 6.45) is 1.00. The fourth-order valence-corrected chi connectivity index (χ4v) is 4.21. The van der Waals surface area contributed by atoms with Gasteiger partial charge in [0.1, 0.15) is 24.2 Å². The van der Waals surface area contributed by atoms with Crippen molar-refractivity contribution in [2.75, 3.05) is 24.2 Å². The molecule has 0 unspecified atom stereocenters. The summed E-state index contributed by atoms with van der Waals surface area (Å²) in [6.45, 7) is 6.41. The molecule has 2 rings (SSSR count). The molecule has 0 bridgehead atoms. The Labute approximate surface area is 200 Å². The van der Waals surface area contributed by atoms with E-state index in [-0.39, 0.29) is 24.2 Å². The lowest BCUT2D eigenvalue weighted by Crippen LogP contribution is -2.52. The molecular weight excluding hydrogens is 461 g/mol. The predicted molar refractivity (Wildman–Crippen MR) is 130 cm³/mol. The summed E-state index contributed by atoms with van der Waals surface area (Å²) in [6, 6.07) is 9.51. The normalized spacial score (nSPS) is 12.2. The average molecular weight is 494 g/mol. The molecule has 10 heteroatoms. The van der Waals surface area contributed by atoms with E-state index in [9.17, 15) is 22.4 Å². The highest BCUT2D eigenvalue weighted by molar-refractivity contribution is 7.92. The van der Waals surface area contributed by atoms with E-state index in [0.717, 1.165) is 16.1 Å². The van der Waals surface area contributed by atoms with E-state index >= 15 is 0 Å². The lowest BCUT2D eigenvalue weighted by Gasteiger charge is -2.32. The molecular formula is C24H32FN3O5S. The molecule has 0 saturated heterocycles. The van der Waals surface area contributed by atoms with E-state index in [1.807, 2.05) is 0 Å². The van der Waals surface area contributed by atoms with Gasteiger partial charge < -0.3 is 15.0 Å². The van der Waals surface area contributed by atoms with Gasteiger partial charge in [-0.3, -0.25) is 13.9 Å². The Morgan fingerprint density at radius 3 is 2.24 bits per heavy atom. The van der Waals surface area contributed by atoms with E-state index in [4.69, 9.17) is 4.74 Å². The predicted octanol–water partition coefficient (Wildman–Crippen LogP) is 2.85. The maximum atomic E-state index is 13.5. The average Bonchev–Trinajstić information content (AvgIpc) is 2.75. The highest BCUT2D eigenvalue weighted by Gasteiger charge is 2.31. The van der Waals surface area contributed by atoms with Crippen molar-refractivity contribution in [3.05, 3.63) is 59.4 Å². The summed E-state index contributed by atoms with van der Waals surface area (Å²) < 4.78 is 45.1. The van der Waals surface area contributed by atoms with Crippen LogP contribution in [0, 0.1) is 12.7 Å². The molecule has 2 aromatic carbocycles. The van der Waals surface area contributed by atoms with Crippen molar-refractivity contribution in [3.63, 3.8) is 0 Å². The smallest absolute Gasteiger partial charge is 0.244 e. The van der Waals surface area contributed by atoms with Crippen LogP contribution >= 0.6 is 0 Å². The number of nitrogens with zero attached hydrogens (tertiary/aromatic N) is 2. The van der Waals surface area contributed by atoms with Crippen LogP contribution in [-0.2, 0) is 26.2 Å². The van der Waals surface area contributed by atoms with Gasteiger partial charge in [-0.2, -0.15) is 0 Å². The first kappa shape index (κ1) is 27.1. The molecule has 2 aromatic rings. The third kappa shape index (κ3) is 7.18. The molecule has 0 fully saturated rings. The number of benzene rings is 2. The zero-order chi connectivity index (χ0) is 25.6. The van der Waals surface area contributed by atoms with Gasteiger partial charge in [0.25, 0.3) is 0 Å². The van der Waals surface area contributed by atoms with Crippen LogP contribution in [0.25, 0.3) is 0 Å². The molecule has 34 heavy (non-hydrogen) atoms. The monoisotopic (exact) mass is 493 g/mol. The largest absolute Gasteiger partial charge is 0.495 e. The molecule has 186 valence electrons. The first-order valence-electron chi connectivity index (χ1n) is 10.8. The van der Waals surface area contributed by atoms with Crippen LogP contribution in [0.4, 0.5) is 10.1 Å². The number of carbonyl (C=O) groups excluding carboxylic acids is 2. The highest BCUT2D eigenvalue weighted by Crippen LogP contribution is 2.31. The van der Waals surface area contributed by atoms with Gasteiger partial charge in [0.2, 0.25) is 21.8 Å². The topological polar surface area (TPSA) is 96.0 Å². The number of halogens is 1. The van der Waals surface area contributed by atoms with Gasteiger partial charge in [-0.05, 0) is 63.1 Å². The second kappa shape index (κ2) is 11.3. The number of carbonyl (C=O) groups is 2. The van der Waals surface area contributed by atoms with E-state index < -0.39 is 34.3 Å². The number of sulfonamides is 1. The standard InChI is InChI=1S/C24H32FN3O5S/c1-16(2)26-24(30)18(4)27(14-19-8-10-20(25)11-9-19)23(29)15-28(34(6,31)32)21-13-17(3)7-12-22(21)33-5/h7-13,16,18H,14-15H2,1-6H3,(H,26,30)/t18-/m1/s1. The minimum atomic E-state index is -3.88. The van der Waals surface area contributed by atoms with Crippen LogP contribution in [-0.4, -0.2) is 57.1 Å². The Bertz CT molecular complexity index is 1120. The summed E-state index contributed by atoms with van der Waals surface area (Å²) in [5, 5.41) is 2.77. The van der Waals surface area contributed by atoms with Crippen LogP contribution < -0.4 is 14.4 Å². The van der Waals surface area contributed by atoms with Gasteiger partial charge in [0, 0.05) is 12.6 Å². The molecule has 0 saturated carbocycles. The maximum Gasteiger partial charge on any atom is 0.244 e. The Hall–Kier alpha value is -3.14. The van der Waals surface area contributed by atoms with Gasteiger partial charge in [-0.15, -0.1) is 0 Å². The van der Waals surface area contributed by atoms with Crippen molar-refractivity contribution in [3.8, 4) is 5.75 Å². The van der Waals surface area contributed by atoms with Crippen molar-refractivity contribution in [1.82, 2.24) is 10.2 Å². The summed E-state index contributed by atoms with van der Waals surface area (Å²) in [5.74, 6) is -1.12. The molecule has 0 radical (unpaired) electrons. The third-order valence-corrected chi connectivity index (χ3v) is 6.27. The number of hydrogen-bond donors (Lipinski definition) is 1. The first-order valence-corrected chi connectivity index (χ1v) is 12.6. The molecule has 0 aliphatic heterocycles. The molecule has 8 nitrogen and oxygen atoms in total. The van der Waals surface area contributed by atoms with Gasteiger partial charge >= 0.3 is 0 Å². The Balaban J connectivity index is 2.45. The van der Waals surface area contributed by atoms with Gasteiger partial charge in [-0.1, -0.05) is 18.2 Å². The van der Waals surface area contributed by atoms with Crippen molar-refractivity contribution in [2.24, 2.45) is 0 Å². The molecule has 2 amide bonds. The van der Waals surface area contributed by atoms with E-state index in [1.165, 1.54) is 36.3 Å². The number of amides is 2. The lowest BCUT2D eigenvalue weighted by molar-refractivity contribution is -0.139. The van der Waals surface area contributed by atoms with Crippen LogP contribution in [0.2, 0.25) is 0 Å². The molecule has 0 aromatic heterocycles. The maximum absolute atomic E-state index is 13.5. The zero-order valence-corrected chi connectivity index (χ0v) is 21.1. The Kier molecular flexibility index (Phi) is 9.03. The van der Waals surface area contributed by atoms with Crippen molar-refractivity contribution >= 4 is 27.5 Å². The molecule has 0 heterocycles. The molecule has 0 aliphatic carbocycles. The number of nitrogens with one attached hydrogen (secondary N) is 1. The van der Waals surface area contributed by atoms with Gasteiger partial charge in [0.05, 0.1) is 19.1 Å². The third-order valence-electron chi connectivity index (χ3n) is 5.15. The number of hydrogen-bond acceptors (Lipinski definition) is 5. The summed E-state index contributed by atoms with van der Waals surface area (Å²) in [4.78, 5) is 27.5. The first-order chi connectivity index (χ1) is 15.8. The quantitative estimate of drug-likeness (QED) is 0.549. The summed E-state index contributed by atoms with van der Waals surface area (Å²) >= 11 is 0. The van der Waals surface area contributed by atoms with Crippen molar-refractivity contribution in [1.29, 1.82) is 0 Å². The second-order valence-electron chi connectivity index (χ2n) is 8.43. The van der Waals surface area contributed by atoms with Crippen LogP contribution in [0.15, 0.2) is 42.5 Å². The Morgan fingerprint density at radius 2 is 1.71 bits per heavy atom. The molecule has 0 spiro atoms. The van der Waals surface area contributed by atoms with Crippen LogP contribution in [0.3, 0.4) is 0 Å². The lowest BCUT2D eigenvalue weighted by atomic mass is 10.1. The van der Waals surface area contributed by atoms with E-state index in [1.54, 1.807) is 45.9 Å². The Morgan fingerprint density at radius 1 is 1.09 bits per heavy atom. The molecule has 0 aliphatic rings. The molecule has 1 N–H and O–H groups in total. The molecule has 1 atom stereocenters. The van der Waals surface area contributed by atoms with Gasteiger partial charge in [0.15, 0.2) is 0 Å². The van der Waals surface area contributed by atoms with E-state index in [0.29, 0.717) is 11.3 Å². The number of rotatable bonds is 10. The zero-order valence-electron chi connectivity index (χ0n) is 20.3. The van der Waals surface area contributed by atoms with E-state index in [2.05, 4.69) is 5.32 Å².